The molecule has 0 aliphatic heterocycles. The summed E-state index contributed by atoms with van der Waals surface area (Å²) in [5.74, 6) is 0. The molecule has 0 radical (unpaired) electrons. The maximum atomic E-state index is 5.78. The topological polar surface area (TPSA) is 38.9 Å². The number of nitrogens with two attached hydrogens (primary N) is 1. The van der Waals surface area contributed by atoms with Crippen LogP contribution >= 0.6 is 15.9 Å². The van der Waals surface area contributed by atoms with Crippen molar-refractivity contribution >= 4 is 32.4 Å². The number of pyridine rings is 1. The predicted molar refractivity (Wildman–Crippen MR) is 53.9 cm³/mol. The van der Waals surface area contributed by atoms with Crippen LogP contribution in [-0.4, -0.2) is 4.98 Å². The molecule has 2 N–H and O–H groups in total. The van der Waals surface area contributed by atoms with Crippen molar-refractivity contribution in [2.45, 2.75) is 0 Å². The van der Waals surface area contributed by atoms with Crippen LogP contribution in [0.4, 0.5) is 5.69 Å². The van der Waals surface area contributed by atoms with Gasteiger partial charge >= 0.3 is 0 Å². The SMILES string of the molecule is Nc1cccc2c(Br)nccc12. The van der Waals surface area contributed by atoms with Crippen LogP contribution in [0.5, 0.6) is 0 Å². The fourth-order valence-corrected chi connectivity index (χ4v) is 1.66. The number of fused-ring (bicyclic) bond motifs is 1. The Morgan fingerprint density at radius 2 is 2.00 bits per heavy atom. The molecule has 1 aromatic heterocycles. The van der Waals surface area contributed by atoms with Gasteiger partial charge in [-0.3, -0.25) is 0 Å². The second-order valence-electron chi connectivity index (χ2n) is 2.54. The van der Waals surface area contributed by atoms with E-state index in [1.807, 2.05) is 24.3 Å². The molecule has 0 aliphatic rings. The smallest absolute Gasteiger partial charge is 0.113 e. The Morgan fingerprint density at radius 1 is 1.17 bits per heavy atom. The average Bonchev–Trinajstić information content (AvgIpc) is 2.07. The molecule has 0 saturated heterocycles. The summed E-state index contributed by atoms with van der Waals surface area (Å²) in [5, 5.41) is 2.09. The third-order valence-electron chi connectivity index (χ3n) is 1.79. The number of anilines is 1. The lowest BCUT2D eigenvalue weighted by molar-refractivity contribution is 1.31. The van der Waals surface area contributed by atoms with E-state index in [0.717, 1.165) is 21.1 Å². The standard InChI is InChI=1S/C9H7BrN2/c10-9-7-2-1-3-8(11)6(7)4-5-12-9/h1-5H,11H2. The third-order valence-corrected chi connectivity index (χ3v) is 2.42. The molecule has 2 rings (SSSR count). The van der Waals surface area contributed by atoms with Crippen molar-refractivity contribution in [3.8, 4) is 0 Å². The van der Waals surface area contributed by atoms with Crippen molar-refractivity contribution in [3.63, 3.8) is 0 Å². The summed E-state index contributed by atoms with van der Waals surface area (Å²) in [4.78, 5) is 4.11. The molecule has 0 atom stereocenters. The zero-order chi connectivity index (χ0) is 8.55. The van der Waals surface area contributed by atoms with Crippen molar-refractivity contribution in [2.24, 2.45) is 0 Å². The van der Waals surface area contributed by atoms with Gasteiger partial charge in [-0.25, -0.2) is 4.98 Å². The average molecular weight is 223 g/mol. The minimum Gasteiger partial charge on any atom is -0.398 e. The Kier molecular flexibility index (Phi) is 1.73. The van der Waals surface area contributed by atoms with Gasteiger partial charge in [-0.05, 0) is 28.1 Å². The predicted octanol–water partition coefficient (Wildman–Crippen LogP) is 2.58. The molecule has 12 heavy (non-hydrogen) atoms. The Bertz CT molecular complexity index is 385. The summed E-state index contributed by atoms with van der Waals surface area (Å²) in [6.07, 6.45) is 1.74. The largest absolute Gasteiger partial charge is 0.398 e. The minimum absolute atomic E-state index is 0.788. The molecule has 0 amide bonds. The zero-order valence-electron chi connectivity index (χ0n) is 6.29. The highest BCUT2D eigenvalue weighted by Crippen LogP contribution is 2.25. The monoisotopic (exact) mass is 222 g/mol. The highest BCUT2D eigenvalue weighted by molar-refractivity contribution is 9.10. The van der Waals surface area contributed by atoms with Gasteiger partial charge in [0.25, 0.3) is 0 Å². The molecule has 0 bridgehead atoms. The second kappa shape index (κ2) is 2.75. The normalized spacial score (nSPS) is 10.4. The number of hydrogen-bond donors (Lipinski definition) is 1. The molecule has 0 spiro atoms. The Morgan fingerprint density at radius 3 is 2.75 bits per heavy atom. The highest BCUT2D eigenvalue weighted by Gasteiger charge is 1.99. The first kappa shape index (κ1) is 7.55. The first-order valence-electron chi connectivity index (χ1n) is 3.58. The quantitative estimate of drug-likeness (QED) is 0.550. The van der Waals surface area contributed by atoms with Gasteiger partial charge in [0.1, 0.15) is 4.60 Å². The molecule has 0 unspecified atom stereocenters. The van der Waals surface area contributed by atoms with Crippen molar-refractivity contribution in [1.29, 1.82) is 0 Å². The number of nitrogen functional groups attached to an aromatic ring is 1. The van der Waals surface area contributed by atoms with Crippen LogP contribution < -0.4 is 5.73 Å². The fraction of sp³-hybridized carbons (Fsp3) is 0. The van der Waals surface area contributed by atoms with Crippen LogP contribution in [0.3, 0.4) is 0 Å². The van der Waals surface area contributed by atoms with Crippen LogP contribution in [0.15, 0.2) is 35.1 Å². The van der Waals surface area contributed by atoms with E-state index < -0.39 is 0 Å². The van der Waals surface area contributed by atoms with Gasteiger partial charge in [-0.1, -0.05) is 12.1 Å². The molecule has 0 saturated carbocycles. The molecule has 3 heteroatoms. The molecular formula is C9H7BrN2. The van der Waals surface area contributed by atoms with Gasteiger partial charge in [0, 0.05) is 22.7 Å². The van der Waals surface area contributed by atoms with Crippen LogP contribution in [-0.2, 0) is 0 Å². The maximum Gasteiger partial charge on any atom is 0.113 e. The third kappa shape index (κ3) is 1.06. The zero-order valence-corrected chi connectivity index (χ0v) is 7.88. The van der Waals surface area contributed by atoms with E-state index in [0.29, 0.717) is 0 Å². The number of hydrogen-bond acceptors (Lipinski definition) is 2. The van der Waals surface area contributed by atoms with Crippen LogP contribution in [0.1, 0.15) is 0 Å². The van der Waals surface area contributed by atoms with E-state index in [1.165, 1.54) is 0 Å². The number of nitrogens with zero attached hydrogens (tertiary/aromatic N) is 1. The number of halogens is 1. The van der Waals surface area contributed by atoms with Crippen molar-refractivity contribution in [2.75, 3.05) is 5.73 Å². The van der Waals surface area contributed by atoms with Gasteiger partial charge in [0.2, 0.25) is 0 Å². The van der Waals surface area contributed by atoms with Gasteiger partial charge < -0.3 is 5.73 Å². The van der Waals surface area contributed by atoms with Crippen LogP contribution in [0.2, 0.25) is 0 Å². The van der Waals surface area contributed by atoms with Crippen molar-refractivity contribution in [1.82, 2.24) is 4.98 Å². The van der Waals surface area contributed by atoms with Crippen LogP contribution in [0, 0.1) is 0 Å². The lowest BCUT2D eigenvalue weighted by Crippen LogP contribution is -1.87. The molecule has 0 fully saturated rings. The summed E-state index contributed by atoms with van der Waals surface area (Å²) >= 11 is 3.36. The van der Waals surface area contributed by atoms with E-state index in [4.69, 9.17) is 5.73 Å². The fourth-order valence-electron chi connectivity index (χ4n) is 1.20. The van der Waals surface area contributed by atoms with Crippen molar-refractivity contribution < 1.29 is 0 Å². The van der Waals surface area contributed by atoms with Crippen molar-refractivity contribution in [3.05, 3.63) is 35.1 Å². The lowest BCUT2D eigenvalue weighted by atomic mass is 10.1. The van der Waals surface area contributed by atoms with Crippen LogP contribution in [0.25, 0.3) is 10.8 Å². The second-order valence-corrected chi connectivity index (χ2v) is 3.30. The molecule has 1 heterocycles. The Balaban J connectivity index is 2.94. The summed E-state index contributed by atoms with van der Waals surface area (Å²) in [5.41, 5.74) is 6.56. The van der Waals surface area contributed by atoms with Gasteiger partial charge in [-0.2, -0.15) is 0 Å². The molecule has 0 aliphatic carbocycles. The molecule has 1 aromatic carbocycles. The van der Waals surface area contributed by atoms with E-state index in [2.05, 4.69) is 20.9 Å². The molecule has 2 nitrogen and oxygen atoms in total. The van der Waals surface area contributed by atoms with Gasteiger partial charge in [0.15, 0.2) is 0 Å². The van der Waals surface area contributed by atoms with E-state index >= 15 is 0 Å². The van der Waals surface area contributed by atoms with E-state index in [-0.39, 0.29) is 0 Å². The Hall–Kier alpha value is -1.09. The summed E-state index contributed by atoms with van der Waals surface area (Å²) < 4.78 is 0.840. The first-order chi connectivity index (χ1) is 5.79. The summed E-state index contributed by atoms with van der Waals surface area (Å²) in [6.45, 7) is 0. The van der Waals surface area contributed by atoms with E-state index in [1.54, 1.807) is 6.20 Å². The summed E-state index contributed by atoms with van der Waals surface area (Å²) in [6, 6.07) is 7.71. The molecule has 60 valence electrons. The van der Waals surface area contributed by atoms with Gasteiger partial charge in [-0.15, -0.1) is 0 Å². The lowest BCUT2D eigenvalue weighted by Gasteiger charge is -2.01. The first-order valence-corrected chi connectivity index (χ1v) is 4.37. The molecule has 2 aromatic rings. The van der Waals surface area contributed by atoms with E-state index in [9.17, 15) is 0 Å². The summed E-state index contributed by atoms with van der Waals surface area (Å²) in [7, 11) is 0. The number of benzene rings is 1. The molecular weight excluding hydrogens is 216 g/mol. The van der Waals surface area contributed by atoms with Gasteiger partial charge in [0.05, 0.1) is 0 Å². The maximum absolute atomic E-state index is 5.78. The minimum atomic E-state index is 0.788. The Labute approximate surface area is 78.5 Å². The number of rotatable bonds is 0. The highest BCUT2D eigenvalue weighted by atomic mass is 79.9. The number of aromatic nitrogens is 1.